The van der Waals surface area contributed by atoms with Crippen molar-refractivity contribution in [3.05, 3.63) is 31.0 Å². The van der Waals surface area contributed by atoms with Crippen molar-refractivity contribution in [3.8, 4) is 0 Å². The van der Waals surface area contributed by atoms with E-state index in [2.05, 4.69) is 16.9 Å². The molecule has 0 fully saturated rings. The van der Waals surface area contributed by atoms with Crippen molar-refractivity contribution >= 4 is 21.6 Å². The molecule has 1 atom stereocenters. The van der Waals surface area contributed by atoms with Crippen LogP contribution in [0.4, 0.5) is 5.82 Å². The molecule has 0 radical (unpaired) electrons. The molecule has 0 aromatic carbocycles. The van der Waals surface area contributed by atoms with Crippen LogP contribution in [0.3, 0.4) is 0 Å². The molecule has 0 spiro atoms. The number of aliphatic carboxylic acids is 1. The third-order valence-corrected chi connectivity index (χ3v) is 3.31. The molecule has 98 valence electrons. The number of carboxylic acids is 1. The summed E-state index contributed by atoms with van der Waals surface area (Å²) in [6, 6.07) is 1.89. The largest absolute Gasteiger partial charge is 0.480 e. The van der Waals surface area contributed by atoms with E-state index < -0.39 is 21.8 Å². The smallest absolute Gasteiger partial charge is 0.326 e. The maximum atomic E-state index is 11.5. The number of sulfone groups is 1. The van der Waals surface area contributed by atoms with Crippen LogP contribution in [0.25, 0.3) is 0 Å². The Hall–Kier alpha value is -1.89. The second-order valence-electron chi connectivity index (χ2n) is 3.68. The van der Waals surface area contributed by atoms with Gasteiger partial charge in [0, 0.05) is 12.5 Å². The maximum absolute atomic E-state index is 11.5. The number of pyridine rings is 1. The first-order valence-corrected chi connectivity index (χ1v) is 7.00. The van der Waals surface area contributed by atoms with Crippen molar-refractivity contribution in [2.24, 2.45) is 0 Å². The van der Waals surface area contributed by atoms with Gasteiger partial charge in [0.05, 0.1) is 0 Å². The van der Waals surface area contributed by atoms with Crippen LogP contribution in [0.2, 0.25) is 0 Å². The van der Waals surface area contributed by atoms with E-state index in [1.54, 1.807) is 0 Å². The summed E-state index contributed by atoms with van der Waals surface area (Å²) in [5.41, 5.74) is 0. The fourth-order valence-corrected chi connectivity index (χ4v) is 2.14. The van der Waals surface area contributed by atoms with Gasteiger partial charge in [-0.15, -0.1) is 6.58 Å². The van der Waals surface area contributed by atoms with E-state index in [1.807, 2.05) is 0 Å². The van der Waals surface area contributed by atoms with Crippen molar-refractivity contribution < 1.29 is 18.3 Å². The second kappa shape index (κ2) is 5.63. The average molecular weight is 270 g/mol. The first-order chi connectivity index (χ1) is 8.36. The van der Waals surface area contributed by atoms with E-state index in [1.165, 1.54) is 24.4 Å². The summed E-state index contributed by atoms with van der Waals surface area (Å²) in [6.07, 6.45) is 4.03. The van der Waals surface area contributed by atoms with Crippen LogP contribution in [-0.2, 0) is 14.6 Å². The average Bonchev–Trinajstić information content (AvgIpc) is 2.27. The number of hydrogen-bond acceptors (Lipinski definition) is 5. The molecule has 1 unspecified atom stereocenters. The molecule has 6 nitrogen and oxygen atoms in total. The normalized spacial score (nSPS) is 12.7. The van der Waals surface area contributed by atoms with Gasteiger partial charge in [-0.2, -0.15) is 0 Å². The summed E-state index contributed by atoms with van der Waals surface area (Å²) >= 11 is 0. The highest BCUT2D eigenvalue weighted by atomic mass is 32.2. The molecule has 1 heterocycles. The van der Waals surface area contributed by atoms with Gasteiger partial charge in [-0.3, -0.25) is 0 Å². The molecular weight excluding hydrogens is 256 g/mol. The van der Waals surface area contributed by atoms with Gasteiger partial charge >= 0.3 is 5.97 Å². The highest BCUT2D eigenvalue weighted by Crippen LogP contribution is 2.19. The fourth-order valence-electron chi connectivity index (χ4n) is 1.35. The Morgan fingerprint density at radius 2 is 2.33 bits per heavy atom. The molecule has 1 aromatic heterocycles. The molecule has 0 aliphatic carbocycles. The summed E-state index contributed by atoms with van der Waals surface area (Å²) in [5.74, 6) is -1.06. The second-order valence-corrected chi connectivity index (χ2v) is 5.67. The molecule has 1 aromatic rings. The number of nitrogens with zero attached hydrogens (tertiary/aromatic N) is 1. The van der Waals surface area contributed by atoms with Gasteiger partial charge in [0.1, 0.15) is 16.8 Å². The predicted octanol–water partition coefficient (Wildman–Crippen LogP) is 0.926. The first-order valence-electron chi connectivity index (χ1n) is 5.11. The highest BCUT2D eigenvalue weighted by Gasteiger charge is 2.20. The molecule has 0 bridgehead atoms. The van der Waals surface area contributed by atoms with Crippen LogP contribution in [-0.4, -0.2) is 36.8 Å². The van der Waals surface area contributed by atoms with Crippen LogP contribution in [0.15, 0.2) is 35.9 Å². The van der Waals surface area contributed by atoms with E-state index >= 15 is 0 Å². The summed E-state index contributed by atoms with van der Waals surface area (Å²) in [6.45, 7) is 3.45. The lowest BCUT2D eigenvalue weighted by molar-refractivity contribution is -0.137. The van der Waals surface area contributed by atoms with Crippen molar-refractivity contribution in [3.63, 3.8) is 0 Å². The summed E-state index contributed by atoms with van der Waals surface area (Å²) in [4.78, 5) is 14.8. The SMILES string of the molecule is C=CCC(Nc1ncccc1S(C)(=O)=O)C(=O)O. The molecule has 0 saturated heterocycles. The Labute approximate surface area is 105 Å². The Morgan fingerprint density at radius 1 is 1.67 bits per heavy atom. The van der Waals surface area contributed by atoms with Crippen molar-refractivity contribution in [1.82, 2.24) is 4.98 Å². The molecule has 0 amide bonds. The minimum atomic E-state index is -3.46. The molecule has 0 aliphatic rings. The summed E-state index contributed by atoms with van der Waals surface area (Å²) < 4.78 is 23.0. The summed E-state index contributed by atoms with van der Waals surface area (Å²) in [7, 11) is -3.46. The van der Waals surface area contributed by atoms with Gasteiger partial charge < -0.3 is 10.4 Å². The van der Waals surface area contributed by atoms with Gasteiger partial charge in [-0.05, 0) is 18.6 Å². The number of nitrogens with one attached hydrogen (secondary N) is 1. The standard InChI is InChI=1S/C11H14N2O4S/c1-3-5-8(11(14)15)13-10-9(18(2,16)17)6-4-7-12-10/h3-4,6-8H,1,5H2,2H3,(H,12,13)(H,14,15). The Kier molecular flexibility index (Phi) is 4.43. The summed E-state index contributed by atoms with van der Waals surface area (Å²) in [5, 5.41) is 11.6. The zero-order valence-electron chi connectivity index (χ0n) is 9.83. The molecule has 1 rings (SSSR count). The van der Waals surface area contributed by atoms with Crippen LogP contribution < -0.4 is 5.32 Å². The van der Waals surface area contributed by atoms with Gasteiger partial charge in [-0.1, -0.05) is 6.08 Å². The van der Waals surface area contributed by atoms with Gasteiger partial charge in [0.2, 0.25) is 0 Å². The minimum Gasteiger partial charge on any atom is -0.480 e. The quantitative estimate of drug-likeness (QED) is 0.746. The number of carboxylic acid groups (broad SMARTS) is 1. The van der Waals surface area contributed by atoms with Crippen molar-refractivity contribution in [2.75, 3.05) is 11.6 Å². The van der Waals surface area contributed by atoms with Crippen LogP contribution in [0.1, 0.15) is 6.42 Å². The fraction of sp³-hybridized carbons (Fsp3) is 0.273. The van der Waals surface area contributed by atoms with Crippen LogP contribution in [0, 0.1) is 0 Å². The molecular formula is C11H14N2O4S. The maximum Gasteiger partial charge on any atom is 0.326 e. The van der Waals surface area contributed by atoms with Gasteiger partial charge in [-0.25, -0.2) is 18.2 Å². The third-order valence-electron chi connectivity index (χ3n) is 2.18. The Balaban J connectivity index is 3.10. The number of carbonyl (C=O) groups is 1. The van der Waals surface area contributed by atoms with Crippen molar-refractivity contribution in [2.45, 2.75) is 17.4 Å². The first kappa shape index (κ1) is 14.2. The minimum absolute atomic E-state index is 0.0275. The molecule has 0 aliphatic heterocycles. The highest BCUT2D eigenvalue weighted by molar-refractivity contribution is 7.90. The zero-order chi connectivity index (χ0) is 13.8. The molecule has 2 N–H and O–H groups in total. The number of aromatic nitrogens is 1. The Morgan fingerprint density at radius 3 is 2.83 bits per heavy atom. The number of rotatable bonds is 6. The number of anilines is 1. The van der Waals surface area contributed by atoms with Crippen LogP contribution in [0.5, 0.6) is 0 Å². The lowest BCUT2D eigenvalue weighted by Gasteiger charge is -2.15. The van der Waals surface area contributed by atoms with Gasteiger partial charge in [0.15, 0.2) is 9.84 Å². The lowest BCUT2D eigenvalue weighted by atomic mass is 10.2. The molecule has 0 saturated carbocycles. The van der Waals surface area contributed by atoms with Crippen LogP contribution >= 0.6 is 0 Å². The van der Waals surface area contributed by atoms with E-state index in [0.717, 1.165) is 6.26 Å². The van der Waals surface area contributed by atoms with E-state index in [4.69, 9.17) is 5.11 Å². The molecule has 7 heteroatoms. The van der Waals surface area contributed by atoms with E-state index in [-0.39, 0.29) is 17.1 Å². The predicted molar refractivity (Wildman–Crippen MR) is 67.2 cm³/mol. The van der Waals surface area contributed by atoms with Crippen molar-refractivity contribution in [1.29, 1.82) is 0 Å². The van der Waals surface area contributed by atoms with E-state index in [9.17, 15) is 13.2 Å². The third kappa shape index (κ3) is 3.56. The zero-order valence-corrected chi connectivity index (χ0v) is 10.6. The van der Waals surface area contributed by atoms with Gasteiger partial charge in [0.25, 0.3) is 0 Å². The Bertz CT molecular complexity index is 554. The van der Waals surface area contributed by atoms with E-state index in [0.29, 0.717) is 0 Å². The topological polar surface area (TPSA) is 96.4 Å². The molecule has 18 heavy (non-hydrogen) atoms. The lowest BCUT2D eigenvalue weighted by Crippen LogP contribution is -2.29. The number of hydrogen-bond donors (Lipinski definition) is 2. The monoisotopic (exact) mass is 270 g/mol.